The van der Waals surface area contributed by atoms with Crippen LogP contribution in [0.1, 0.15) is 44.6 Å². The molecule has 116 valence electrons. The van der Waals surface area contributed by atoms with Crippen LogP contribution in [0, 0.1) is 11.6 Å². The fraction of sp³-hybridized carbons (Fsp3) is 0.562. The summed E-state index contributed by atoms with van der Waals surface area (Å²) in [7, 11) is 0. The summed E-state index contributed by atoms with van der Waals surface area (Å²) in [6, 6.07) is 3.50. The summed E-state index contributed by atoms with van der Waals surface area (Å²) in [5, 5.41) is 0. The third kappa shape index (κ3) is 4.49. The van der Waals surface area contributed by atoms with Crippen LogP contribution in [0.5, 0.6) is 0 Å². The number of amides is 1. The minimum atomic E-state index is -0.606. The van der Waals surface area contributed by atoms with E-state index in [2.05, 4.69) is 0 Å². The summed E-state index contributed by atoms with van der Waals surface area (Å²) >= 11 is 0. The van der Waals surface area contributed by atoms with E-state index in [0.29, 0.717) is 5.56 Å². The second kappa shape index (κ2) is 6.98. The summed E-state index contributed by atoms with van der Waals surface area (Å²) in [6.07, 6.45) is 3.90. The van der Waals surface area contributed by atoms with Crippen LogP contribution in [0.4, 0.5) is 8.78 Å². The molecule has 1 fully saturated rings. The van der Waals surface area contributed by atoms with Crippen molar-refractivity contribution in [3.8, 4) is 0 Å². The van der Waals surface area contributed by atoms with Crippen LogP contribution in [0.2, 0.25) is 0 Å². The van der Waals surface area contributed by atoms with Crippen LogP contribution in [0.25, 0.3) is 0 Å². The lowest BCUT2D eigenvalue weighted by atomic mass is 10.1. The Hall–Kier alpha value is -1.49. The zero-order chi connectivity index (χ0) is 15.4. The van der Waals surface area contributed by atoms with E-state index in [-0.39, 0.29) is 31.0 Å². The van der Waals surface area contributed by atoms with Gasteiger partial charge in [0.05, 0.1) is 0 Å². The van der Waals surface area contributed by atoms with Gasteiger partial charge in [-0.2, -0.15) is 0 Å². The van der Waals surface area contributed by atoms with Gasteiger partial charge in [0, 0.05) is 36.7 Å². The number of halogens is 2. The third-order valence-corrected chi connectivity index (χ3v) is 3.76. The molecule has 3 nitrogen and oxygen atoms in total. The lowest BCUT2D eigenvalue weighted by Gasteiger charge is -2.24. The Bertz CT molecular complexity index is 503. The topological polar surface area (TPSA) is 46.3 Å². The molecule has 1 aliphatic rings. The van der Waals surface area contributed by atoms with E-state index < -0.39 is 11.6 Å². The molecule has 1 amide bonds. The maximum atomic E-state index is 13.7. The molecular formula is C16H22F2N2O. The first-order valence-corrected chi connectivity index (χ1v) is 7.50. The first kappa shape index (κ1) is 15.9. The second-order valence-corrected chi connectivity index (χ2v) is 5.74. The van der Waals surface area contributed by atoms with Crippen LogP contribution in [-0.2, 0) is 11.3 Å². The number of rotatable bonds is 7. The Balaban J connectivity index is 2.03. The predicted molar refractivity (Wildman–Crippen MR) is 77.4 cm³/mol. The average molecular weight is 296 g/mol. The van der Waals surface area contributed by atoms with Gasteiger partial charge in [0.15, 0.2) is 0 Å². The molecule has 1 aliphatic carbocycles. The Morgan fingerprint density at radius 3 is 2.71 bits per heavy atom. The molecule has 0 bridgehead atoms. The van der Waals surface area contributed by atoms with Crippen molar-refractivity contribution in [1.29, 1.82) is 0 Å². The first-order chi connectivity index (χ1) is 10.0. The van der Waals surface area contributed by atoms with E-state index in [0.717, 1.165) is 31.7 Å². The van der Waals surface area contributed by atoms with Gasteiger partial charge in [-0.05, 0) is 25.3 Å². The lowest BCUT2D eigenvalue weighted by Crippen LogP contribution is -2.37. The molecule has 0 saturated heterocycles. The molecule has 1 saturated carbocycles. The quantitative estimate of drug-likeness (QED) is 0.841. The molecule has 0 aliphatic heterocycles. The highest BCUT2D eigenvalue weighted by atomic mass is 19.1. The number of nitrogens with zero attached hydrogens (tertiary/aromatic N) is 1. The molecule has 0 heterocycles. The van der Waals surface area contributed by atoms with Gasteiger partial charge in [0.1, 0.15) is 11.6 Å². The first-order valence-electron chi connectivity index (χ1n) is 7.50. The molecule has 1 aromatic carbocycles. The number of carbonyl (C=O) groups excluding carboxylic acids is 1. The summed E-state index contributed by atoms with van der Waals surface area (Å²) in [6.45, 7) is 2.21. The van der Waals surface area contributed by atoms with Crippen LogP contribution in [0.15, 0.2) is 18.2 Å². The van der Waals surface area contributed by atoms with Gasteiger partial charge in [-0.25, -0.2) is 8.78 Å². The number of hydrogen-bond donors (Lipinski definition) is 1. The second-order valence-electron chi connectivity index (χ2n) is 5.74. The van der Waals surface area contributed by atoms with Crippen molar-refractivity contribution in [2.75, 3.05) is 0 Å². The van der Waals surface area contributed by atoms with E-state index in [4.69, 9.17) is 5.73 Å². The highest BCUT2D eigenvalue weighted by molar-refractivity contribution is 5.77. The van der Waals surface area contributed by atoms with Gasteiger partial charge in [-0.15, -0.1) is 0 Å². The number of carbonyl (C=O) groups is 1. The monoisotopic (exact) mass is 296 g/mol. The molecule has 0 radical (unpaired) electrons. The lowest BCUT2D eigenvalue weighted by molar-refractivity contribution is -0.132. The van der Waals surface area contributed by atoms with Gasteiger partial charge in [-0.3, -0.25) is 4.79 Å². The van der Waals surface area contributed by atoms with Gasteiger partial charge in [-0.1, -0.05) is 19.4 Å². The Morgan fingerprint density at radius 1 is 1.43 bits per heavy atom. The fourth-order valence-corrected chi connectivity index (χ4v) is 2.45. The largest absolute Gasteiger partial charge is 0.335 e. The Kier molecular flexibility index (Phi) is 5.28. The summed E-state index contributed by atoms with van der Waals surface area (Å²) in [5.41, 5.74) is 6.26. The van der Waals surface area contributed by atoms with Crippen LogP contribution < -0.4 is 5.73 Å². The summed E-state index contributed by atoms with van der Waals surface area (Å²) < 4.78 is 26.7. The van der Waals surface area contributed by atoms with Crippen molar-refractivity contribution >= 4 is 5.91 Å². The van der Waals surface area contributed by atoms with E-state index >= 15 is 0 Å². The maximum absolute atomic E-state index is 13.7. The molecule has 1 atom stereocenters. The van der Waals surface area contributed by atoms with Crippen molar-refractivity contribution in [2.24, 2.45) is 5.73 Å². The molecule has 1 unspecified atom stereocenters. The zero-order valence-electron chi connectivity index (χ0n) is 12.3. The van der Waals surface area contributed by atoms with E-state index in [1.54, 1.807) is 4.90 Å². The third-order valence-electron chi connectivity index (χ3n) is 3.76. The van der Waals surface area contributed by atoms with E-state index in [1.807, 2.05) is 6.92 Å². The normalized spacial score (nSPS) is 15.8. The highest BCUT2D eigenvalue weighted by Crippen LogP contribution is 2.29. The van der Waals surface area contributed by atoms with Gasteiger partial charge in [0.2, 0.25) is 5.91 Å². The van der Waals surface area contributed by atoms with Crippen molar-refractivity contribution in [3.05, 3.63) is 35.4 Å². The maximum Gasteiger partial charge on any atom is 0.224 e. The smallest absolute Gasteiger partial charge is 0.224 e. The number of nitrogens with two attached hydrogens (primary N) is 1. The standard InChI is InChI=1S/C16H22F2N2O/c1-2-3-13(19)9-16(21)20(14-6-7-14)10-11-4-5-12(17)8-15(11)18/h4-5,8,13-14H,2-3,6-7,9-10,19H2,1H3. The van der Waals surface area contributed by atoms with Gasteiger partial charge < -0.3 is 10.6 Å². The van der Waals surface area contributed by atoms with Gasteiger partial charge >= 0.3 is 0 Å². The van der Waals surface area contributed by atoms with Crippen LogP contribution >= 0.6 is 0 Å². The Morgan fingerprint density at radius 2 is 2.14 bits per heavy atom. The SMILES string of the molecule is CCCC(N)CC(=O)N(Cc1ccc(F)cc1F)C1CC1. The number of benzene rings is 1. The van der Waals surface area contributed by atoms with Crippen LogP contribution in [0.3, 0.4) is 0 Å². The number of hydrogen-bond acceptors (Lipinski definition) is 2. The predicted octanol–water partition coefficient (Wildman–Crippen LogP) is 2.97. The zero-order valence-corrected chi connectivity index (χ0v) is 12.3. The summed E-state index contributed by atoms with van der Waals surface area (Å²) in [5.74, 6) is -1.25. The molecule has 2 rings (SSSR count). The highest BCUT2D eigenvalue weighted by Gasteiger charge is 2.33. The van der Waals surface area contributed by atoms with Crippen molar-refractivity contribution in [2.45, 2.75) is 57.7 Å². The molecule has 1 aromatic rings. The van der Waals surface area contributed by atoms with Crippen LogP contribution in [-0.4, -0.2) is 22.9 Å². The molecule has 0 spiro atoms. The van der Waals surface area contributed by atoms with E-state index in [9.17, 15) is 13.6 Å². The van der Waals surface area contributed by atoms with E-state index in [1.165, 1.54) is 12.1 Å². The van der Waals surface area contributed by atoms with Crippen molar-refractivity contribution in [3.63, 3.8) is 0 Å². The molecule has 21 heavy (non-hydrogen) atoms. The molecule has 0 aromatic heterocycles. The fourth-order valence-electron chi connectivity index (χ4n) is 2.45. The summed E-state index contributed by atoms with van der Waals surface area (Å²) in [4.78, 5) is 14.0. The molecule has 2 N–H and O–H groups in total. The minimum Gasteiger partial charge on any atom is -0.335 e. The molecular weight excluding hydrogens is 274 g/mol. The van der Waals surface area contributed by atoms with Crippen molar-refractivity contribution in [1.82, 2.24) is 4.90 Å². The average Bonchev–Trinajstić information content (AvgIpc) is 3.22. The Labute approximate surface area is 124 Å². The molecule has 5 heteroatoms. The van der Waals surface area contributed by atoms with Crippen molar-refractivity contribution < 1.29 is 13.6 Å². The minimum absolute atomic E-state index is 0.0397. The van der Waals surface area contributed by atoms with Gasteiger partial charge in [0.25, 0.3) is 0 Å².